The Bertz CT molecular complexity index is 525. The number of aryl methyl sites for hydroxylation is 1. The summed E-state index contributed by atoms with van der Waals surface area (Å²) in [4.78, 5) is 0. The van der Waals surface area contributed by atoms with Gasteiger partial charge in [0.25, 0.3) is 0 Å². The second-order valence-electron chi connectivity index (χ2n) is 3.79. The Morgan fingerprint density at radius 3 is 2.71 bits per heavy atom. The first-order valence-corrected chi connectivity index (χ1v) is 6.08. The fourth-order valence-electron chi connectivity index (χ4n) is 1.53. The van der Waals surface area contributed by atoms with Crippen molar-refractivity contribution in [1.29, 1.82) is 0 Å². The van der Waals surface area contributed by atoms with Crippen molar-refractivity contribution in [2.75, 3.05) is 0 Å². The second-order valence-corrected chi connectivity index (χ2v) is 4.71. The highest BCUT2D eigenvalue weighted by atomic mass is 79.9. The van der Waals surface area contributed by atoms with E-state index in [2.05, 4.69) is 15.9 Å². The SMILES string of the molecule is Cc1ccccc1OCc1cc(Br)ccc1F. The van der Waals surface area contributed by atoms with E-state index in [1.807, 2.05) is 31.2 Å². The Morgan fingerprint density at radius 1 is 1.18 bits per heavy atom. The van der Waals surface area contributed by atoms with E-state index in [-0.39, 0.29) is 12.4 Å². The molecule has 0 aliphatic rings. The van der Waals surface area contributed by atoms with Crippen LogP contribution in [0.4, 0.5) is 4.39 Å². The molecule has 0 unspecified atom stereocenters. The summed E-state index contributed by atoms with van der Waals surface area (Å²) in [5, 5.41) is 0. The lowest BCUT2D eigenvalue weighted by Crippen LogP contribution is -1.99. The summed E-state index contributed by atoms with van der Waals surface area (Å²) < 4.78 is 19.9. The highest BCUT2D eigenvalue weighted by molar-refractivity contribution is 9.10. The van der Waals surface area contributed by atoms with Gasteiger partial charge in [0.2, 0.25) is 0 Å². The van der Waals surface area contributed by atoms with Gasteiger partial charge in [-0.2, -0.15) is 0 Å². The molecule has 0 spiro atoms. The van der Waals surface area contributed by atoms with Gasteiger partial charge in [-0.1, -0.05) is 34.1 Å². The van der Waals surface area contributed by atoms with Crippen LogP contribution in [0.5, 0.6) is 5.75 Å². The molecule has 0 fully saturated rings. The molecule has 1 nitrogen and oxygen atoms in total. The molecule has 0 aliphatic carbocycles. The van der Waals surface area contributed by atoms with E-state index in [4.69, 9.17) is 4.74 Å². The first-order chi connectivity index (χ1) is 8.16. The molecule has 0 radical (unpaired) electrons. The predicted octanol–water partition coefficient (Wildman–Crippen LogP) is 4.48. The number of para-hydroxylation sites is 1. The summed E-state index contributed by atoms with van der Waals surface area (Å²) in [6, 6.07) is 12.5. The van der Waals surface area contributed by atoms with Crippen molar-refractivity contribution in [2.45, 2.75) is 13.5 Å². The van der Waals surface area contributed by atoms with Gasteiger partial charge in [-0.05, 0) is 36.8 Å². The largest absolute Gasteiger partial charge is 0.489 e. The quantitative estimate of drug-likeness (QED) is 0.811. The third-order valence-corrected chi connectivity index (χ3v) is 2.98. The number of hydrogen-bond acceptors (Lipinski definition) is 1. The van der Waals surface area contributed by atoms with Gasteiger partial charge < -0.3 is 4.74 Å². The molecule has 2 rings (SSSR count). The Morgan fingerprint density at radius 2 is 1.94 bits per heavy atom. The first-order valence-electron chi connectivity index (χ1n) is 5.29. The van der Waals surface area contributed by atoms with Crippen molar-refractivity contribution in [1.82, 2.24) is 0 Å². The molecule has 3 heteroatoms. The highest BCUT2D eigenvalue weighted by Gasteiger charge is 2.04. The van der Waals surface area contributed by atoms with Crippen molar-refractivity contribution < 1.29 is 9.13 Å². The molecule has 0 amide bonds. The van der Waals surface area contributed by atoms with E-state index in [9.17, 15) is 4.39 Å². The second kappa shape index (κ2) is 5.32. The monoisotopic (exact) mass is 294 g/mol. The van der Waals surface area contributed by atoms with Crippen LogP contribution >= 0.6 is 15.9 Å². The van der Waals surface area contributed by atoms with Gasteiger partial charge in [0.05, 0.1) is 0 Å². The lowest BCUT2D eigenvalue weighted by Gasteiger charge is -2.09. The molecule has 0 saturated carbocycles. The minimum Gasteiger partial charge on any atom is -0.489 e. The van der Waals surface area contributed by atoms with Crippen LogP contribution in [0, 0.1) is 12.7 Å². The van der Waals surface area contributed by atoms with Gasteiger partial charge in [0.1, 0.15) is 18.2 Å². The number of rotatable bonds is 3. The van der Waals surface area contributed by atoms with E-state index in [1.165, 1.54) is 6.07 Å². The Hall–Kier alpha value is -1.35. The average Bonchev–Trinajstić information content (AvgIpc) is 2.32. The van der Waals surface area contributed by atoms with Crippen LogP contribution in [0.3, 0.4) is 0 Å². The fourth-order valence-corrected chi connectivity index (χ4v) is 1.94. The zero-order valence-corrected chi connectivity index (χ0v) is 11.0. The van der Waals surface area contributed by atoms with E-state index < -0.39 is 0 Å². The predicted molar refractivity (Wildman–Crippen MR) is 69.6 cm³/mol. The molecule has 0 saturated heterocycles. The summed E-state index contributed by atoms with van der Waals surface area (Å²) in [6.45, 7) is 2.20. The first kappa shape index (κ1) is 12.1. The van der Waals surface area contributed by atoms with Crippen LogP contribution in [0.2, 0.25) is 0 Å². The van der Waals surface area contributed by atoms with Crippen LogP contribution in [-0.4, -0.2) is 0 Å². The van der Waals surface area contributed by atoms with Gasteiger partial charge in [0, 0.05) is 10.0 Å². The molecule has 88 valence electrons. The summed E-state index contributed by atoms with van der Waals surface area (Å²) in [7, 11) is 0. The highest BCUT2D eigenvalue weighted by Crippen LogP contribution is 2.20. The molecular formula is C14H12BrFO. The van der Waals surface area contributed by atoms with E-state index >= 15 is 0 Å². The summed E-state index contributed by atoms with van der Waals surface area (Å²) in [5.74, 6) is 0.536. The minimum absolute atomic E-state index is 0.232. The third-order valence-electron chi connectivity index (χ3n) is 2.48. The zero-order valence-electron chi connectivity index (χ0n) is 9.41. The molecule has 0 atom stereocenters. The summed E-state index contributed by atoms with van der Waals surface area (Å²) >= 11 is 3.31. The maximum Gasteiger partial charge on any atom is 0.129 e. The van der Waals surface area contributed by atoms with Gasteiger partial charge in [-0.15, -0.1) is 0 Å². The van der Waals surface area contributed by atoms with Crippen molar-refractivity contribution in [3.05, 3.63) is 63.9 Å². The number of halogens is 2. The summed E-state index contributed by atoms with van der Waals surface area (Å²) in [5.41, 5.74) is 1.59. The molecule has 0 heterocycles. The number of benzene rings is 2. The standard InChI is InChI=1S/C14H12BrFO/c1-10-4-2-3-5-14(10)17-9-11-8-12(15)6-7-13(11)16/h2-8H,9H2,1H3. The van der Waals surface area contributed by atoms with Crippen molar-refractivity contribution in [3.63, 3.8) is 0 Å². The molecule has 0 aromatic heterocycles. The van der Waals surface area contributed by atoms with Crippen LogP contribution in [0.25, 0.3) is 0 Å². The average molecular weight is 295 g/mol. The smallest absolute Gasteiger partial charge is 0.129 e. The normalized spacial score (nSPS) is 10.3. The molecule has 17 heavy (non-hydrogen) atoms. The molecule has 0 bridgehead atoms. The van der Waals surface area contributed by atoms with E-state index in [1.54, 1.807) is 12.1 Å². The maximum atomic E-state index is 13.5. The minimum atomic E-state index is -0.248. The molecule has 0 N–H and O–H groups in total. The van der Waals surface area contributed by atoms with Crippen molar-refractivity contribution >= 4 is 15.9 Å². The van der Waals surface area contributed by atoms with Crippen LogP contribution in [-0.2, 0) is 6.61 Å². The van der Waals surface area contributed by atoms with Crippen molar-refractivity contribution in [2.24, 2.45) is 0 Å². The maximum absolute atomic E-state index is 13.5. The molecule has 2 aromatic rings. The Kier molecular flexibility index (Phi) is 3.79. The lowest BCUT2D eigenvalue weighted by molar-refractivity contribution is 0.298. The van der Waals surface area contributed by atoms with E-state index in [0.717, 1.165) is 15.8 Å². The lowest BCUT2D eigenvalue weighted by atomic mass is 10.2. The van der Waals surface area contributed by atoms with Crippen LogP contribution in [0.15, 0.2) is 46.9 Å². The molecule has 0 aliphatic heterocycles. The topological polar surface area (TPSA) is 9.23 Å². The zero-order chi connectivity index (χ0) is 12.3. The van der Waals surface area contributed by atoms with Crippen LogP contribution < -0.4 is 4.74 Å². The molecular weight excluding hydrogens is 283 g/mol. The molecule has 2 aromatic carbocycles. The van der Waals surface area contributed by atoms with Gasteiger partial charge in [-0.3, -0.25) is 0 Å². The number of ether oxygens (including phenoxy) is 1. The van der Waals surface area contributed by atoms with Gasteiger partial charge >= 0.3 is 0 Å². The van der Waals surface area contributed by atoms with E-state index in [0.29, 0.717) is 5.56 Å². The van der Waals surface area contributed by atoms with Gasteiger partial charge in [-0.25, -0.2) is 4.39 Å². The number of hydrogen-bond donors (Lipinski definition) is 0. The van der Waals surface area contributed by atoms with Crippen molar-refractivity contribution in [3.8, 4) is 5.75 Å². The summed E-state index contributed by atoms with van der Waals surface area (Å²) in [6.07, 6.45) is 0. The van der Waals surface area contributed by atoms with Gasteiger partial charge in [0.15, 0.2) is 0 Å². The fraction of sp³-hybridized carbons (Fsp3) is 0.143. The Labute approximate surface area is 108 Å². The third kappa shape index (κ3) is 3.07. The Balaban J connectivity index is 2.12. The van der Waals surface area contributed by atoms with Crippen LogP contribution in [0.1, 0.15) is 11.1 Å².